The molecule has 140 valence electrons. The fourth-order valence-corrected chi connectivity index (χ4v) is 4.32. The van der Waals surface area contributed by atoms with Gasteiger partial charge in [0.15, 0.2) is 0 Å². The zero-order chi connectivity index (χ0) is 19.7. The van der Waals surface area contributed by atoms with Gasteiger partial charge in [-0.2, -0.15) is 0 Å². The van der Waals surface area contributed by atoms with Gasteiger partial charge >= 0.3 is 0 Å². The highest BCUT2D eigenvalue weighted by Crippen LogP contribution is 2.37. The number of halogens is 1. The number of fused-ring (bicyclic) bond motifs is 1. The molecule has 1 aliphatic heterocycles. The third-order valence-electron chi connectivity index (χ3n) is 4.55. The Morgan fingerprint density at radius 1 is 1.04 bits per heavy atom. The minimum Gasteiger partial charge on any atom is -0.496 e. The van der Waals surface area contributed by atoms with Crippen LogP contribution in [0.25, 0.3) is 16.8 Å². The number of hydrogen-bond donors (Lipinski definition) is 0. The van der Waals surface area contributed by atoms with E-state index in [2.05, 4.69) is 22.6 Å². The predicted octanol–water partition coefficient (Wildman–Crippen LogP) is 5.69. The number of rotatable bonds is 4. The fraction of sp³-hybridized carbons (Fsp3) is 0.0909. The van der Waals surface area contributed by atoms with Crippen LogP contribution in [0.2, 0.25) is 0 Å². The van der Waals surface area contributed by atoms with Crippen LogP contribution in [0.4, 0.5) is 4.79 Å². The summed E-state index contributed by atoms with van der Waals surface area (Å²) in [6, 6.07) is 19.6. The molecular weight excluding hydrogens is 485 g/mol. The molecule has 3 aromatic carbocycles. The summed E-state index contributed by atoms with van der Waals surface area (Å²) in [7, 11) is 1.60. The summed E-state index contributed by atoms with van der Waals surface area (Å²) in [5.41, 5.74) is 1.73. The summed E-state index contributed by atoms with van der Waals surface area (Å²) >= 11 is 3.19. The van der Waals surface area contributed by atoms with Crippen molar-refractivity contribution >= 4 is 62.3 Å². The zero-order valence-electron chi connectivity index (χ0n) is 15.0. The third kappa shape index (κ3) is 3.66. The van der Waals surface area contributed by atoms with Gasteiger partial charge in [-0.1, -0.05) is 42.5 Å². The Morgan fingerprint density at radius 3 is 2.54 bits per heavy atom. The van der Waals surface area contributed by atoms with E-state index in [0.29, 0.717) is 10.7 Å². The van der Waals surface area contributed by atoms with Gasteiger partial charge in [-0.25, -0.2) is 0 Å². The van der Waals surface area contributed by atoms with Gasteiger partial charge in [-0.05, 0) is 75.0 Å². The Morgan fingerprint density at radius 2 is 1.79 bits per heavy atom. The van der Waals surface area contributed by atoms with E-state index >= 15 is 0 Å². The highest BCUT2D eigenvalue weighted by atomic mass is 127. The van der Waals surface area contributed by atoms with Crippen LogP contribution in [0.3, 0.4) is 0 Å². The Kier molecular flexibility index (Phi) is 5.41. The average Bonchev–Trinajstić information content (AvgIpc) is 2.97. The molecule has 1 heterocycles. The summed E-state index contributed by atoms with van der Waals surface area (Å²) in [5, 5.41) is 1.77. The summed E-state index contributed by atoms with van der Waals surface area (Å²) < 4.78 is 6.60. The van der Waals surface area contributed by atoms with E-state index < -0.39 is 0 Å². The Balaban J connectivity index is 1.70. The molecule has 1 aliphatic rings. The Hall–Kier alpha value is -2.32. The van der Waals surface area contributed by atoms with E-state index in [1.165, 1.54) is 4.90 Å². The van der Waals surface area contributed by atoms with Gasteiger partial charge in [-0.15, -0.1) is 0 Å². The smallest absolute Gasteiger partial charge is 0.293 e. The molecule has 0 saturated carbocycles. The lowest BCUT2D eigenvalue weighted by Gasteiger charge is -2.12. The summed E-state index contributed by atoms with van der Waals surface area (Å²) in [6.07, 6.45) is 1.76. The normalized spacial score (nSPS) is 15.6. The first-order chi connectivity index (χ1) is 13.6. The second kappa shape index (κ2) is 7.97. The van der Waals surface area contributed by atoms with Gasteiger partial charge in [0.2, 0.25) is 0 Å². The van der Waals surface area contributed by atoms with E-state index in [-0.39, 0.29) is 17.7 Å². The molecule has 0 spiro atoms. The number of nitrogens with zero attached hydrogens (tertiary/aromatic N) is 1. The maximum Gasteiger partial charge on any atom is 0.293 e. The first-order valence-electron chi connectivity index (χ1n) is 8.62. The van der Waals surface area contributed by atoms with Gasteiger partial charge in [-0.3, -0.25) is 14.5 Å². The van der Waals surface area contributed by atoms with Crippen molar-refractivity contribution in [3.63, 3.8) is 0 Å². The molecule has 2 amide bonds. The van der Waals surface area contributed by atoms with Crippen LogP contribution in [0.1, 0.15) is 11.1 Å². The fourth-order valence-electron chi connectivity index (χ4n) is 3.14. The lowest BCUT2D eigenvalue weighted by molar-refractivity contribution is -0.123. The van der Waals surface area contributed by atoms with Crippen LogP contribution in [0.15, 0.2) is 65.6 Å². The molecule has 28 heavy (non-hydrogen) atoms. The van der Waals surface area contributed by atoms with Gasteiger partial charge in [0, 0.05) is 9.13 Å². The number of thioether (sulfide) groups is 1. The molecule has 0 atom stereocenters. The lowest BCUT2D eigenvalue weighted by atomic mass is 10.0. The molecular formula is C22H16INO3S. The lowest BCUT2D eigenvalue weighted by Crippen LogP contribution is -2.27. The molecule has 3 aromatic rings. The van der Waals surface area contributed by atoms with E-state index in [4.69, 9.17) is 4.74 Å². The van der Waals surface area contributed by atoms with Crippen molar-refractivity contribution in [3.05, 3.63) is 80.3 Å². The minimum atomic E-state index is -0.275. The van der Waals surface area contributed by atoms with Crippen LogP contribution in [-0.2, 0) is 11.3 Å². The second-order valence-electron chi connectivity index (χ2n) is 6.30. The topological polar surface area (TPSA) is 46.6 Å². The van der Waals surface area contributed by atoms with E-state index in [0.717, 1.165) is 37.2 Å². The molecule has 0 radical (unpaired) electrons. The monoisotopic (exact) mass is 501 g/mol. The molecule has 1 fully saturated rings. The van der Waals surface area contributed by atoms with Crippen LogP contribution in [-0.4, -0.2) is 23.2 Å². The molecule has 0 aliphatic carbocycles. The van der Waals surface area contributed by atoms with Crippen molar-refractivity contribution in [2.45, 2.75) is 6.54 Å². The minimum absolute atomic E-state index is 0.256. The molecule has 6 heteroatoms. The quantitative estimate of drug-likeness (QED) is 0.341. The number of carbonyl (C=O) groups excluding carboxylic acids is 2. The largest absolute Gasteiger partial charge is 0.496 e. The molecule has 0 unspecified atom stereocenters. The number of carbonyl (C=O) groups is 2. The number of methoxy groups -OCH3 is 1. The number of imide groups is 1. The van der Waals surface area contributed by atoms with E-state index in [1.807, 2.05) is 60.7 Å². The standard InChI is InChI=1S/C22H16INO3S/c1-27-19-11-8-15-4-2-3-5-17(15)18(19)12-20-21(25)24(22(26)28-20)13-14-6-9-16(23)10-7-14/h2-12H,13H2,1H3/b20-12-. The van der Waals surface area contributed by atoms with Crippen molar-refractivity contribution in [2.75, 3.05) is 7.11 Å². The zero-order valence-corrected chi connectivity index (χ0v) is 18.0. The van der Waals surface area contributed by atoms with Gasteiger partial charge in [0.05, 0.1) is 18.6 Å². The van der Waals surface area contributed by atoms with Crippen molar-refractivity contribution in [1.82, 2.24) is 4.90 Å². The number of benzene rings is 3. The van der Waals surface area contributed by atoms with E-state index in [9.17, 15) is 9.59 Å². The number of hydrogen-bond acceptors (Lipinski definition) is 4. The molecule has 1 saturated heterocycles. The van der Waals surface area contributed by atoms with E-state index in [1.54, 1.807) is 13.2 Å². The molecule has 0 bridgehead atoms. The maximum absolute atomic E-state index is 12.9. The molecule has 0 aromatic heterocycles. The molecule has 4 nitrogen and oxygen atoms in total. The highest BCUT2D eigenvalue weighted by molar-refractivity contribution is 14.1. The summed E-state index contributed by atoms with van der Waals surface area (Å²) in [4.78, 5) is 27.1. The third-order valence-corrected chi connectivity index (χ3v) is 6.18. The second-order valence-corrected chi connectivity index (χ2v) is 8.54. The van der Waals surface area contributed by atoms with Crippen LogP contribution < -0.4 is 4.74 Å². The van der Waals surface area contributed by atoms with Gasteiger partial charge < -0.3 is 4.74 Å². The average molecular weight is 501 g/mol. The Labute approximate surface area is 180 Å². The predicted molar refractivity (Wildman–Crippen MR) is 121 cm³/mol. The van der Waals surface area contributed by atoms with Crippen molar-refractivity contribution in [3.8, 4) is 5.75 Å². The first-order valence-corrected chi connectivity index (χ1v) is 10.5. The van der Waals surface area contributed by atoms with Crippen molar-refractivity contribution in [1.29, 1.82) is 0 Å². The number of amides is 2. The van der Waals surface area contributed by atoms with Crippen LogP contribution in [0.5, 0.6) is 5.75 Å². The van der Waals surface area contributed by atoms with Crippen molar-refractivity contribution < 1.29 is 14.3 Å². The van der Waals surface area contributed by atoms with Crippen LogP contribution >= 0.6 is 34.4 Å². The van der Waals surface area contributed by atoms with Gasteiger partial charge in [0.25, 0.3) is 11.1 Å². The summed E-state index contributed by atoms with van der Waals surface area (Å²) in [5.74, 6) is 0.395. The highest BCUT2D eigenvalue weighted by Gasteiger charge is 2.35. The molecule has 4 rings (SSSR count). The van der Waals surface area contributed by atoms with Crippen molar-refractivity contribution in [2.24, 2.45) is 0 Å². The number of ether oxygens (including phenoxy) is 1. The summed E-state index contributed by atoms with van der Waals surface area (Å²) in [6.45, 7) is 0.269. The van der Waals surface area contributed by atoms with Crippen LogP contribution in [0, 0.1) is 3.57 Å². The molecule has 0 N–H and O–H groups in total. The Bertz CT molecular complexity index is 1110. The maximum atomic E-state index is 12.9. The SMILES string of the molecule is COc1ccc2ccccc2c1/C=C1\SC(=O)N(Cc2ccc(I)cc2)C1=O. The van der Waals surface area contributed by atoms with Gasteiger partial charge in [0.1, 0.15) is 5.75 Å². The first kappa shape index (κ1) is 19.0.